The van der Waals surface area contributed by atoms with E-state index in [1.54, 1.807) is 18.2 Å². The van der Waals surface area contributed by atoms with Gasteiger partial charge in [-0.25, -0.2) is 4.79 Å². The molecule has 112 valence electrons. The maximum Gasteiger partial charge on any atom is 0.417 e. The van der Waals surface area contributed by atoms with Crippen molar-refractivity contribution in [2.24, 2.45) is 0 Å². The Balaban J connectivity index is 1.69. The second-order valence-electron chi connectivity index (χ2n) is 5.29. The van der Waals surface area contributed by atoms with E-state index in [4.69, 9.17) is 4.42 Å². The average Bonchev–Trinajstić information content (AvgIpc) is 2.87. The zero-order chi connectivity index (χ0) is 15.5. The third-order valence-corrected chi connectivity index (χ3v) is 3.56. The highest BCUT2D eigenvalue weighted by Crippen LogP contribution is 2.20. The number of fused-ring (bicyclic) bond motifs is 1. The standard InChI is InChI=1S/C17H16N2O3/c1-11(12-5-3-2-4-6-12)9-16(20)18-13-7-8-14-15(10-13)22-17(21)19-14/h2-8,10-11H,9H2,1H3,(H,18,20)(H,19,21). The number of oxazole rings is 1. The van der Waals surface area contributed by atoms with E-state index < -0.39 is 5.76 Å². The molecule has 5 heteroatoms. The van der Waals surface area contributed by atoms with Crippen LogP contribution >= 0.6 is 0 Å². The van der Waals surface area contributed by atoms with E-state index in [0.29, 0.717) is 23.2 Å². The normalized spacial score (nSPS) is 12.2. The number of hydrogen-bond acceptors (Lipinski definition) is 3. The van der Waals surface area contributed by atoms with E-state index in [1.165, 1.54) is 0 Å². The molecule has 0 saturated heterocycles. The molecule has 0 spiro atoms. The van der Waals surface area contributed by atoms with Crippen molar-refractivity contribution in [2.75, 3.05) is 5.32 Å². The summed E-state index contributed by atoms with van der Waals surface area (Å²) in [6, 6.07) is 15.0. The van der Waals surface area contributed by atoms with E-state index in [0.717, 1.165) is 5.56 Å². The van der Waals surface area contributed by atoms with Crippen molar-refractivity contribution in [3.05, 3.63) is 64.6 Å². The molecular formula is C17H16N2O3. The Morgan fingerprint density at radius 3 is 2.77 bits per heavy atom. The number of anilines is 1. The van der Waals surface area contributed by atoms with E-state index in [-0.39, 0.29) is 11.8 Å². The molecule has 5 nitrogen and oxygen atoms in total. The fourth-order valence-corrected chi connectivity index (χ4v) is 2.41. The van der Waals surface area contributed by atoms with E-state index in [1.807, 2.05) is 37.3 Å². The summed E-state index contributed by atoms with van der Waals surface area (Å²) in [5, 5.41) is 2.83. The number of hydrogen-bond donors (Lipinski definition) is 2. The molecule has 0 aliphatic heterocycles. The van der Waals surface area contributed by atoms with Gasteiger partial charge in [0.05, 0.1) is 5.52 Å². The van der Waals surface area contributed by atoms with Crippen LogP contribution in [0.3, 0.4) is 0 Å². The summed E-state index contributed by atoms with van der Waals surface area (Å²) in [4.78, 5) is 25.8. The molecular weight excluding hydrogens is 280 g/mol. The maximum absolute atomic E-state index is 12.1. The number of carbonyl (C=O) groups is 1. The number of H-pyrrole nitrogens is 1. The van der Waals surface area contributed by atoms with Crippen molar-refractivity contribution in [1.82, 2.24) is 4.98 Å². The van der Waals surface area contributed by atoms with Gasteiger partial charge in [-0.2, -0.15) is 0 Å². The molecule has 0 saturated carbocycles. The van der Waals surface area contributed by atoms with Gasteiger partial charge in [-0.05, 0) is 23.6 Å². The third kappa shape index (κ3) is 3.09. The number of aromatic nitrogens is 1. The molecule has 1 aromatic heterocycles. The highest BCUT2D eigenvalue weighted by Gasteiger charge is 2.12. The van der Waals surface area contributed by atoms with Gasteiger partial charge in [0.25, 0.3) is 0 Å². The zero-order valence-electron chi connectivity index (χ0n) is 12.1. The van der Waals surface area contributed by atoms with Crippen molar-refractivity contribution >= 4 is 22.7 Å². The predicted octanol–water partition coefficient (Wildman–Crippen LogP) is 3.25. The number of aromatic amines is 1. The minimum Gasteiger partial charge on any atom is -0.408 e. The fraction of sp³-hybridized carbons (Fsp3) is 0.176. The summed E-state index contributed by atoms with van der Waals surface area (Å²) < 4.78 is 4.98. The molecule has 0 aliphatic rings. The molecule has 2 aromatic carbocycles. The molecule has 3 rings (SSSR count). The molecule has 0 fully saturated rings. The monoisotopic (exact) mass is 296 g/mol. The lowest BCUT2D eigenvalue weighted by molar-refractivity contribution is -0.116. The van der Waals surface area contributed by atoms with E-state index in [2.05, 4.69) is 10.3 Å². The molecule has 0 radical (unpaired) electrons. The Morgan fingerprint density at radius 1 is 1.23 bits per heavy atom. The lowest BCUT2D eigenvalue weighted by Gasteiger charge is -2.12. The SMILES string of the molecule is CC(CC(=O)Nc1ccc2[nH]c(=O)oc2c1)c1ccccc1. The molecule has 3 aromatic rings. The van der Waals surface area contributed by atoms with Crippen molar-refractivity contribution < 1.29 is 9.21 Å². The topological polar surface area (TPSA) is 75.1 Å². The largest absolute Gasteiger partial charge is 0.417 e. The quantitative estimate of drug-likeness (QED) is 0.776. The third-order valence-electron chi connectivity index (χ3n) is 3.56. The van der Waals surface area contributed by atoms with Gasteiger partial charge in [-0.15, -0.1) is 0 Å². The molecule has 1 atom stereocenters. The summed E-state index contributed by atoms with van der Waals surface area (Å²) in [7, 11) is 0. The van der Waals surface area contributed by atoms with Crippen LogP contribution < -0.4 is 11.1 Å². The van der Waals surface area contributed by atoms with Crippen LogP contribution in [0.15, 0.2) is 57.7 Å². The second kappa shape index (κ2) is 5.89. The zero-order valence-corrected chi connectivity index (χ0v) is 12.1. The van der Waals surface area contributed by atoms with Gasteiger partial charge in [-0.3, -0.25) is 9.78 Å². The summed E-state index contributed by atoms with van der Waals surface area (Å²) in [6.07, 6.45) is 0.388. The van der Waals surface area contributed by atoms with Gasteiger partial charge >= 0.3 is 5.76 Å². The first kappa shape index (κ1) is 14.1. The van der Waals surface area contributed by atoms with Crippen LogP contribution in [-0.2, 0) is 4.79 Å². The minimum atomic E-state index is -0.504. The first-order valence-corrected chi connectivity index (χ1v) is 7.09. The number of benzene rings is 2. The van der Waals surface area contributed by atoms with Crippen molar-refractivity contribution in [3.8, 4) is 0 Å². The molecule has 1 amide bonds. The summed E-state index contributed by atoms with van der Waals surface area (Å²) in [5.41, 5.74) is 2.78. The molecule has 0 aliphatic carbocycles. The van der Waals surface area contributed by atoms with Crippen LogP contribution in [0.25, 0.3) is 11.1 Å². The predicted molar refractivity (Wildman–Crippen MR) is 84.9 cm³/mol. The summed E-state index contributed by atoms with van der Waals surface area (Å²) >= 11 is 0. The van der Waals surface area contributed by atoms with Crippen LogP contribution in [0.1, 0.15) is 24.8 Å². The van der Waals surface area contributed by atoms with Crippen LogP contribution in [0.4, 0.5) is 5.69 Å². The minimum absolute atomic E-state index is 0.0754. The van der Waals surface area contributed by atoms with E-state index in [9.17, 15) is 9.59 Å². The Bertz CT molecular complexity index is 849. The van der Waals surface area contributed by atoms with E-state index >= 15 is 0 Å². The maximum atomic E-state index is 12.1. The number of amides is 1. The van der Waals surface area contributed by atoms with Crippen LogP contribution in [0, 0.1) is 0 Å². The Labute approximate surface area is 127 Å². The van der Waals surface area contributed by atoms with Crippen molar-refractivity contribution in [3.63, 3.8) is 0 Å². The van der Waals surface area contributed by atoms with Gasteiger partial charge in [0.2, 0.25) is 5.91 Å². The fourth-order valence-electron chi connectivity index (χ4n) is 2.41. The Hall–Kier alpha value is -2.82. The highest BCUT2D eigenvalue weighted by molar-refractivity contribution is 5.93. The number of nitrogens with one attached hydrogen (secondary N) is 2. The van der Waals surface area contributed by atoms with Gasteiger partial charge in [0.15, 0.2) is 5.58 Å². The lowest BCUT2D eigenvalue weighted by atomic mass is 9.97. The Morgan fingerprint density at radius 2 is 2.00 bits per heavy atom. The average molecular weight is 296 g/mol. The van der Waals surface area contributed by atoms with Gasteiger partial charge in [0, 0.05) is 18.2 Å². The summed E-state index contributed by atoms with van der Waals surface area (Å²) in [5.74, 6) is -0.445. The molecule has 1 heterocycles. The Kier molecular flexibility index (Phi) is 3.78. The first-order valence-electron chi connectivity index (χ1n) is 7.09. The van der Waals surface area contributed by atoms with Crippen molar-refractivity contribution in [2.45, 2.75) is 19.3 Å². The number of rotatable bonds is 4. The highest BCUT2D eigenvalue weighted by atomic mass is 16.4. The van der Waals surface area contributed by atoms with Gasteiger partial charge < -0.3 is 9.73 Å². The van der Waals surface area contributed by atoms with Crippen LogP contribution in [0.5, 0.6) is 0 Å². The molecule has 2 N–H and O–H groups in total. The van der Waals surface area contributed by atoms with Gasteiger partial charge in [-0.1, -0.05) is 37.3 Å². The second-order valence-corrected chi connectivity index (χ2v) is 5.29. The van der Waals surface area contributed by atoms with Gasteiger partial charge in [0.1, 0.15) is 0 Å². The number of carbonyl (C=O) groups excluding carboxylic acids is 1. The van der Waals surface area contributed by atoms with Crippen molar-refractivity contribution in [1.29, 1.82) is 0 Å². The first-order chi connectivity index (χ1) is 10.6. The molecule has 1 unspecified atom stereocenters. The lowest BCUT2D eigenvalue weighted by Crippen LogP contribution is -2.14. The molecule has 0 bridgehead atoms. The van der Waals surface area contributed by atoms with Crippen LogP contribution in [0.2, 0.25) is 0 Å². The van der Waals surface area contributed by atoms with Crippen LogP contribution in [-0.4, -0.2) is 10.9 Å². The summed E-state index contributed by atoms with van der Waals surface area (Å²) in [6.45, 7) is 2.02. The smallest absolute Gasteiger partial charge is 0.408 e. The molecule has 22 heavy (non-hydrogen) atoms.